The minimum Gasteiger partial charge on any atom is -0.348 e. The van der Waals surface area contributed by atoms with E-state index in [0.717, 1.165) is 5.69 Å². The summed E-state index contributed by atoms with van der Waals surface area (Å²) in [5.41, 5.74) is 7.04. The normalized spacial score (nSPS) is 15.0. The van der Waals surface area contributed by atoms with Gasteiger partial charge in [-0.15, -0.1) is 24.8 Å². The zero-order valence-corrected chi connectivity index (χ0v) is 11.9. The van der Waals surface area contributed by atoms with Gasteiger partial charge in [-0.05, 0) is 37.8 Å². The quantitative estimate of drug-likeness (QED) is 0.887. The monoisotopic (exact) mass is 291 g/mol. The summed E-state index contributed by atoms with van der Waals surface area (Å²) in [5.74, 6) is 0.513. The SMILES string of the molecule is Cc1ncccc1C(=O)NC(CN)C1CC1.Cl.Cl. The van der Waals surface area contributed by atoms with Gasteiger partial charge in [-0.1, -0.05) is 0 Å². The Morgan fingerprint density at radius 1 is 1.56 bits per heavy atom. The number of pyridine rings is 1. The molecule has 1 amide bonds. The molecule has 1 aromatic rings. The second kappa shape index (κ2) is 7.56. The lowest BCUT2D eigenvalue weighted by atomic mass is 10.1. The van der Waals surface area contributed by atoms with Crippen molar-refractivity contribution >= 4 is 30.7 Å². The van der Waals surface area contributed by atoms with E-state index in [4.69, 9.17) is 5.73 Å². The average molecular weight is 292 g/mol. The van der Waals surface area contributed by atoms with Gasteiger partial charge < -0.3 is 11.1 Å². The Hall–Kier alpha value is -0.840. The molecule has 0 aliphatic heterocycles. The van der Waals surface area contributed by atoms with Crippen LogP contribution in [0.1, 0.15) is 28.9 Å². The molecule has 0 saturated heterocycles. The molecule has 0 spiro atoms. The molecule has 0 aromatic carbocycles. The van der Waals surface area contributed by atoms with E-state index in [1.165, 1.54) is 12.8 Å². The van der Waals surface area contributed by atoms with Crippen molar-refractivity contribution in [3.8, 4) is 0 Å². The molecule has 1 fully saturated rings. The first-order valence-corrected chi connectivity index (χ1v) is 5.65. The van der Waals surface area contributed by atoms with E-state index >= 15 is 0 Å². The molecule has 3 N–H and O–H groups in total. The van der Waals surface area contributed by atoms with Gasteiger partial charge in [0.05, 0.1) is 5.56 Å². The van der Waals surface area contributed by atoms with Crippen molar-refractivity contribution in [2.45, 2.75) is 25.8 Å². The van der Waals surface area contributed by atoms with E-state index in [1.54, 1.807) is 18.3 Å². The summed E-state index contributed by atoms with van der Waals surface area (Å²) in [4.78, 5) is 16.1. The molecule has 102 valence electrons. The van der Waals surface area contributed by atoms with Gasteiger partial charge >= 0.3 is 0 Å². The van der Waals surface area contributed by atoms with Crippen molar-refractivity contribution in [1.29, 1.82) is 0 Å². The Kier molecular flexibility index (Phi) is 7.21. The number of nitrogens with two attached hydrogens (primary N) is 1. The van der Waals surface area contributed by atoms with Gasteiger partial charge in [-0.25, -0.2) is 0 Å². The lowest BCUT2D eigenvalue weighted by molar-refractivity contribution is 0.0932. The fraction of sp³-hybridized carbons (Fsp3) is 0.500. The fourth-order valence-corrected chi connectivity index (χ4v) is 1.84. The Morgan fingerprint density at radius 3 is 2.72 bits per heavy atom. The first-order valence-electron chi connectivity index (χ1n) is 5.65. The highest BCUT2D eigenvalue weighted by molar-refractivity contribution is 5.95. The molecule has 1 aromatic heterocycles. The fourth-order valence-electron chi connectivity index (χ4n) is 1.84. The van der Waals surface area contributed by atoms with Crippen molar-refractivity contribution in [3.63, 3.8) is 0 Å². The molecule has 0 radical (unpaired) electrons. The maximum Gasteiger partial charge on any atom is 0.253 e. The first kappa shape index (κ1) is 17.2. The summed E-state index contributed by atoms with van der Waals surface area (Å²) in [6.07, 6.45) is 4.04. The maximum atomic E-state index is 12.0. The van der Waals surface area contributed by atoms with Crippen LogP contribution in [0.4, 0.5) is 0 Å². The van der Waals surface area contributed by atoms with Gasteiger partial charge in [0.2, 0.25) is 0 Å². The highest BCUT2D eigenvalue weighted by atomic mass is 35.5. The van der Waals surface area contributed by atoms with Crippen LogP contribution in [0.2, 0.25) is 0 Å². The van der Waals surface area contributed by atoms with Crippen LogP contribution in [0.15, 0.2) is 18.3 Å². The predicted octanol–water partition coefficient (Wildman–Crippen LogP) is 1.70. The van der Waals surface area contributed by atoms with E-state index in [2.05, 4.69) is 10.3 Å². The van der Waals surface area contributed by atoms with Crippen LogP contribution < -0.4 is 11.1 Å². The largest absolute Gasteiger partial charge is 0.348 e. The molecule has 1 unspecified atom stereocenters. The number of halogens is 2. The van der Waals surface area contributed by atoms with Gasteiger partial charge in [-0.3, -0.25) is 9.78 Å². The van der Waals surface area contributed by atoms with Gasteiger partial charge in [0.25, 0.3) is 5.91 Å². The molecule has 1 aliphatic rings. The van der Waals surface area contributed by atoms with Crippen molar-refractivity contribution in [2.24, 2.45) is 11.7 Å². The minimum atomic E-state index is -0.0621. The molecule has 0 bridgehead atoms. The van der Waals surface area contributed by atoms with Gasteiger partial charge in [0, 0.05) is 24.5 Å². The minimum absolute atomic E-state index is 0. The van der Waals surface area contributed by atoms with E-state index < -0.39 is 0 Å². The number of amides is 1. The third-order valence-corrected chi connectivity index (χ3v) is 3.01. The third-order valence-electron chi connectivity index (χ3n) is 3.01. The summed E-state index contributed by atoms with van der Waals surface area (Å²) >= 11 is 0. The second-order valence-electron chi connectivity index (χ2n) is 4.29. The zero-order chi connectivity index (χ0) is 11.5. The average Bonchev–Trinajstić information content (AvgIpc) is 3.10. The number of nitrogens with one attached hydrogen (secondary N) is 1. The molecule has 18 heavy (non-hydrogen) atoms. The Morgan fingerprint density at radius 2 is 2.22 bits per heavy atom. The number of aryl methyl sites for hydroxylation is 1. The maximum absolute atomic E-state index is 12.0. The van der Waals surface area contributed by atoms with Crippen LogP contribution in [-0.2, 0) is 0 Å². The van der Waals surface area contributed by atoms with Crippen LogP contribution >= 0.6 is 24.8 Å². The van der Waals surface area contributed by atoms with Crippen LogP contribution in [0.5, 0.6) is 0 Å². The number of nitrogens with zero attached hydrogens (tertiary/aromatic N) is 1. The second-order valence-corrected chi connectivity index (χ2v) is 4.29. The summed E-state index contributed by atoms with van der Waals surface area (Å²) in [5, 5.41) is 2.98. The van der Waals surface area contributed by atoms with Crippen molar-refractivity contribution in [1.82, 2.24) is 10.3 Å². The molecular formula is C12H19Cl2N3O. The Bertz CT molecular complexity index is 397. The molecule has 6 heteroatoms. The molecule has 2 rings (SSSR count). The summed E-state index contributed by atoms with van der Waals surface area (Å²) in [6.45, 7) is 2.35. The van der Waals surface area contributed by atoms with E-state index in [1.807, 2.05) is 6.92 Å². The topological polar surface area (TPSA) is 68.0 Å². The van der Waals surface area contributed by atoms with Crippen LogP contribution in [0, 0.1) is 12.8 Å². The lowest BCUT2D eigenvalue weighted by Crippen LogP contribution is -2.42. The van der Waals surface area contributed by atoms with Gasteiger partial charge in [0.1, 0.15) is 0 Å². The smallest absolute Gasteiger partial charge is 0.253 e. The first-order chi connectivity index (χ1) is 7.72. The number of carbonyl (C=O) groups is 1. The molecule has 1 atom stereocenters. The number of aromatic nitrogens is 1. The molecule has 1 aliphatic carbocycles. The molecule has 4 nitrogen and oxygen atoms in total. The Balaban J connectivity index is 0.00000144. The van der Waals surface area contributed by atoms with Crippen molar-refractivity contribution in [2.75, 3.05) is 6.54 Å². The van der Waals surface area contributed by atoms with Crippen LogP contribution in [-0.4, -0.2) is 23.5 Å². The Labute approximate surface area is 120 Å². The molecule has 1 heterocycles. The highest BCUT2D eigenvalue weighted by Gasteiger charge is 2.31. The van der Waals surface area contributed by atoms with E-state index in [0.29, 0.717) is 18.0 Å². The van der Waals surface area contributed by atoms with Crippen molar-refractivity contribution < 1.29 is 4.79 Å². The van der Waals surface area contributed by atoms with Crippen LogP contribution in [0.3, 0.4) is 0 Å². The lowest BCUT2D eigenvalue weighted by Gasteiger charge is -2.16. The van der Waals surface area contributed by atoms with Crippen molar-refractivity contribution in [3.05, 3.63) is 29.6 Å². The highest BCUT2D eigenvalue weighted by Crippen LogP contribution is 2.32. The zero-order valence-electron chi connectivity index (χ0n) is 10.3. The molecular weight excluding hydrogens is 273 g/mol. The van der Waals surface area contributed by atoms with Gasteiger partial charge in [-0.2, -0.15) is 0 Å². The summed E-state index contributed by atoms with van der Waals surface area (Å²) in [6, 6.07) is 3.68. The molecule has 1 saturated carbocycles. The summed E-state index contributed by atoms with van der Waals surface area (Å²) in [7, 11) is 0. The number of rotatable bonds is 4. The summed E-state index contributed by atoms with van der Waals surface area (Å²) < 4.78 is 0. The standard InChI is InChI=1S/C12H17N3O.2ClH/c1-8-10(3-2-6-14-8)12(16)15-11(7-13)9-4-5-9;;/h2-3,6,9,11H,4-5,7,13H2,1H3,(H,15,16);2*1H. The van der Waals surface area contributed by atoms with E-state index in [-0.39, 0.29) is 36.8 Å². The van der Waals surface area contributed by atoms with Gasteiger partial charge in [0.15, 0.2) is 0 Å². The number of hydrogen-bond acceptors (Lipinski definition) is 3. The predicted molar refractivity (Wildman–Crippen MR) is 76.5 cm³/mol. The number of carbonyl (C=O) groups excluding carboxylic acids is 1. The third kappa shape index (κ3) is 4.12. The number of hydrogen-bond donors (Lipinski definition) is 2. The van der Waals surface area contributed by atoms with E-state index in [9.17, 15) is 4.79 Å². The van der Waals surface area contributed by atoms with Crippen LogP contribution in [0.25, 0.3) is 0 Å².